The van der Waals surface area contributed by atoms with Crippen LogP contribution < -0.4 is 16.0 Å². The molecule has 0 spiro atoms. The zero-order chi connectivity index (χ0) is 26.3. The molecule has 10 heteroatoms. The molecule has 35 heavy (non-hydrogen) atoms. The van der Waals surface area contributed by atoms with Crippen LogP contribution in [0.4, 0.5) is 15.3 Å². The first-order valence-corrected chi connectivity index (χ1v) is 11.9. The highest BCUT2D eigenvalue weighted by atomic mass is 16.6. The lowest BCUT2D eigenvalue weighted by Gasteiger charge is -2.48. The molecule has 0 saturated heterocycles. The van der Waals surface area contributed by atoms with Crippen molar-refractivity contribution in [3.63, 3.8) is 0 Å². The van der Waals surface area contributed by atoms with Crippen LogP contribution in [-0.2, 0) is 14.3 Å². The monoisotopic (exact) mass is 489 g/mol. The van der Waals surface area contributed by atoms with Gasteiger partial charge >= 0.3 is 24.1 Å². The van der Waals surface area contributed by atoms with E-state index in [-0.39, 0.29) is 12.8 Å². The molecule has 1 aromatic carbocycles. The number of rotatable bonds is 7. The van der Waals surface area contributed by atoms with Gasteiger partial charge in [0.05, 0.1) is 5.92 Å². The van der Waals surface area contributed by atoms with Gasteiger partial charge in [0, 0.05) is 23.1 Å². The number of ether oxygens (including phenoxy) is 1. The first-order chi connectivity index (χ1) is 16.3. The van der Waals surface area contributed by atoms with Crippen LogP contribution in [0.1, 0.15) is 53.0 Å². The summed E-state index contributed by atoms with van der Waals surface area (Å²) in [7, 11) is 0. The van der Waals surface area contributed by atoms with Gasteiger partial charge in [-0.05, 0) is 58.1 Å². The summed E-state index contributed by atoms with van der Waals surface area (Å²) in [6.07, 6.45) is -0.383. The SMILES string of the molecule is CCC1(CC)[C@@H](NC(=O)Nc2ccccc2C)[C@@H]2[C@@H](C(=O)O)[C@H]2[C@@]1(NC(=O)OC(C)(C)C)C(=O)O. The first-order valence-electron chi connectivity index (χ1n) is 11.9. The molecule has 192 valence electrons. The third-order valence-corrected chi connectivity index (χ3v) is 7.60. The number of carboxylic acid groups (broad SMARTS) is 2. The highest BCUT2D eigenvalue weighted by Crippen LogP contribution is 2.71. The number of aliphatic carboxylic acids is 2. The van der Waals surface area contributed by atoms with Gasteiger partial charge in [-0.1, -0.05) is 32.0 Å². The standard InChI is InChI=1S/C25H35N3O7/c1-7-24(8-2)18(27-21(33)26-14-12-10-9-11-13(14)3)15-16(19(29)30)17(15)25(24,20(31)32)28-22(34)35-23(4,5)6/h9-12,15-18H,7-8H2,1-6H3,(H,28,34)(H,29,30)(H,31,32)(H2,26,27,33)/t15-,16-,17+,18+,25-/m1/s1. The Morgan fingerprint density at radius 2 is 1.66 bits per heavy atom. The Bertz CT molecular complexity index is 1030. The maximum absolute atomic E-state index is 13.0. The van der Waals surface area contributed by atoms with E-state index in [1.165, 1.54) is 0 Å². The maximum atomic E-state index is 13.0. The van der Waals surface area contributed by atoms with Gasteiger partial charge < -0.3 is 30.9 Å². The Hall–Kier alpha value is -3.30. The number of fused-ring (bicyclic) bond motifs is 1. The second-order valence-electron chi connectivity index (χ2n) is 10.5. The number of aryl methyl sites for hydroxylation is 1. The second kappa shape index (κ2) is 9.05. The highest BCUT2D eigenvalue weighted by molar-refractivity contribution is 5.93. The van der Waals surface area contributed by atoms with Gasteiger partial charge in [-0.2, -0.15) is 0 Å². The van der Waals surface area contributed by atoms with Crippen LogP contribution in [0.2, 0.25) is 0 Å². The van der Waals surface area contributed by atoms with E-state index in [1.807, 2.05) is 19.1 Å². The lowest BCUT2D eigenvalue weighted by molar-refractivity contribution is -0.155. The van der Waals surface area contributed by atoms with Crippen molar-refractivity contribution in [1.29, 1.82) is 0 Å². The molecule has 5 N–H and O–H groups in total. The first kappa shape index (κ1) is 26.3. The Kier molecular flexibility index (Phi) is 6.80. The lowest BCUT2D eigenvalue weighted by atomic mass is 9.62. The Balaban J connectivity index is 2.03. The average Bonchev–Trinajstić information content (AvgIpc) is 3.44. The number of alkyl carbamates (subject to hydrolysis) is 1. The number of carbonyl (C=O) groups excluding carboxylic acids is 2. The van der Waals surface area contributed by atoms with Gasteiger partial charge in [0.1, 0.15) is 5.60 Å². The van der Waals surface area contributed by atoms with Gasteiger partial charge in [-0.15, -0.1) is 0 Å². The number of hydrogen-bond donors (Lipinski definition) is 5. The van der Waals surface area contributed by atoms with Gasteiger partial charge in [0.25, 0.3) is 0 Å². The van der Waals surface area contributed by atoms with E-state index in [0.717, 1.165) is 5.56 Å². The number of carbonyl (C=O) groups is 4. The number of nitrogens with one attached hydrogen (secondary N) is 3. The van der Waals surface area contributed by atoms with Crippen molar-refractivity contribution in [2.75, 3.05) is 5.32 Å². The molecule has 2 aliphatic carbocycles. The summed E-state index contributed by atoms with van der Waals surface area (Å²) in [6, 6.07) is 5.82. The van der Waals surface area contributed by atoms with Crippen LogP contribution in [0.25, 0.3) is 0 Å². The molecule has 1 aromatic rings. The van der Waals surface area contributed by atoms with Gasteiger partial charge in [-0.25, -0.2) is 14.4 Å². The van der Waals surface area contributed by atoms with E-state index in [0.29, 0.717) is 5.69 Å². The second-order valence-corrected chi connectivity index (χ2v) is 10.5. The zero-order valence-corrected chi connectivity index (χ0v) is 21.0. The number of hydrogen-bond acceptors (Lipinski definition) is 5. The van der Waals surface area contributed by atoms with Crippen molar-refractivity contribution in [3.8, 4) is 0 Å². The number of amides is 3. The molecule has 0 aromatic heterocycles. The van der Waals surface area contributed by atoms with Gasteiger partial charge in [-0.3, -0.25) is 4.79 Å². The molecule has 10 nitrogen and oxygen atoms in total. The molecule has 2 aliphatic rings. The van der Waals surface area contributed by atoms with Crippen LogP contribution in [0.15, 0.2) is 24.3 Å². The third kappa shape index (κ3) is 4.30. The molecule has 0 aliphatic heterocycles. The fourth-order valence-corrected chi connectivity index (χ4v) is 6.15. The number of para-hydroxylation sites is 1. The summed E-state index contributed by atoms with van der Waals surface area (Å²) in [5.41, 5.74) is -2.55. The molecule has 2 fully saturated rings. The van der Waals surface area contributed by atoms with Crippen molar-refractivity contribution >= 4 is 29.8 Å². The normalized spacial score (nSPS) is 28.4. The molecule has 0 unspecified atom stereocenters. The van der Waals surface area contributed by atoms with Crippen molar-refractivity contribution in [3.05, 3.63) is 29.8 Å². The van der Waals surface area contributed by atoms with Crippen LogP contribution >= 0.6 is 0 Å². The number of benzene rings is 1. The molecule has 0 heterocycles. The third-order valence-electron chi connectivity index (χ3n) is 7.60. The predicted molar refractivity (Wildman–Crippen MR) is 128 cm³/mol. The van der Waals surface area contributed by atoms with E-state index in [1.54, 1.807) is 46.8 Å². The lowest BCUT2D eigenvalue weighted by Crippen LogP contribution is -2.69. The summed E-state index contributed by atoms with van der Waals surface area (Å²) in [5.74, 6) is -5.11. The smallest absolute Gasteiger partial charge is 0.408 e. The van der Waals surface area contributed by atoms with Gasteiger partial charge in [0.15, 0.2) is 5.54 Å². The van der Waals surface area contributed by atoms with Crippen molar-refractivity contribution in [2.24, 2.45) is 23.2 Å². The molecule has 0 bridgehead atoms. The number of carboxylic acids is 2. The molecule has 5 atom stereocenters. The maximum Gasteiger partial charge on any atom is 0.408 e. The fourth-order valence-electron chi connectivity index (χ4n) is 6.15. The average molecular weight is 490 g/mol. The van der Waals surface area contributed by atoms with Crippen molar-refractivity contribution in [1.82, 2.24) is 10.6 Å². The molecular weight excluding hydrogens is 454 g/mol. The molecule has 0 radical (unpaired) electrons. The van der Waals surface area contributed by atoms with E-state index >= 15 is 0 Å². The van der Waals surface area contributed by atoms with E-state index in [9.17, 15) is 29.4 Å². The van der Waals surface area contributed by atoms with Crippen LogP contribution in [0, 0.1) is 30.1 Å². The highest BCUT2D eigenvalue weighted by Gasteiger charge is 2.84. The van der Waals surface area contributed by atoms with Crippen LogP contribution in [-0.4, -0.2) is 51.5 Å². The minimum atomic E-state index is -1.94. The van der Waals surface area contributed by atoms with Crippen molar-refractivity contribution in [2.45, 2.75) is 71.6 Å². The van der Waals surface area contributed by atoms with Crippen LogP contribution in [0.3, 0.4) is 0 Å². The summed E-state index contributed by atoms with van der Waals surface area (Å²) < 4.78 is 5.37. The fraction of sp³-hybridized carbons (Fsp3) is 0.600. The van der Waals surface area contributed by atoms with Crippen LogP contribution in [0.5, 0.6) is 0 Å². The molecule has 3 amide bonds. The Labute approximate surface area is 204 Å². The predicted octanol–water partition coefficient (Wildman–Crippen LogP) is 3.60. The summed E-state index contributed by atoms with van der Waals surface area (Å²) in [5, 5.41) is 28.7. The zero-order valence-electron chi connectivity index (χ0n) is 21.0. The number of urea groups is 1. The van der Waals surface area contributed by atoms with E-state index in [4.69, 9.17) is 4.74 Å². The number of anilines is 1. The summed E-state index contributed by atoms with van der Waals surface area (Å²) in [4.78, 5) is 50.9. The molecular formula is C25H35N3O7. The van der Waals surface area contributed by atoms with Gasteiger partial charge in [0.2, 0.25) is 0 Å². The minimum absolute atomic E-state index is 0.278. The largest absolute Gasteiger partial charge is 0.481 e. The van der Waals surface area contributed by atoms with Crippen molar-refractivity contribution < 1.29 is 34.1 Å². The summed E-state index contributed by atoms with van der Waals surface area (Å²) in [6.45, 7) is 10.4. The summed E-state index contributed by atoms with van der Waals surface area (Å²) >= 11 is 0. The molecule has 2 saturated carbocycles. The minimum Gasteiger partial charge on any atom is -0.481 e. The quantitative estimate of drug-likeness (QED) is 0.392. The topological polar surface area (TPSA) is 154 Å². The van der Waals surface area contributed by atoms with E-state index < -0.39 is 64.4 Å². The van der Waals surface area contributed by atoms with E-state index in [2.05, 4.69) is 16.0 Å². The Morgan fingerprint density at radius 1 is 1.06 bits per heavy atom. The molecule has 3 rings (SSSR count). The Morgan fingerprint density at radius 3 is 2.14 bits per heavy atom.